The molecule has 0 aromatic carbocycles. The van der Waals surface area contributed by atoms with E-state index in [1.165, 1.54) is 12.4 Å². The van der Waals surface area contributed by atoms with Crippen molar-refractivity contribution in [1.29, 1.82) is 0 Å². The summed E-state index contributed by atoms with van der Waals surface area (Å²) in [5.41, 5.74) is 11.0. The molecule has 14 heavy (non-hydrogen) atoms. The summed E-state index contributed by atoms with van der Waals surface area (Å²) in [7, 11) is 0. The molecule has 1 amide bonds. The monoisotopic (exact) mass is 195 g/mol. The quantitative estimate of drug-likeness (QED) is 0.613. The highest BCUT2D eigenvalue weighted by atomic mass is 16.1. The van der Waals surface area contributed by atoms with Crippen LogP contribution in [0.25, 0.3) is 0 Å². The normalized spacial score (nSPS) is 12.1. The first-order chi connectivity index (χ1) is 6.63. The number of rotatable bonds is 4. The third-order valence-corrected chi connectivity index (χ3v) is 1.73. The second kappa shape index (κ2) is 4.40. The predicted octanol–water partition coefficient (Wildman–Crippen LogP) is -0.265. The van der Waals surface area contributed by atoms with Gasteiger partial charge in [-0.2, -0.15) is 0 Å². The van der Waals surface area contributed by atoms with Gasteiger partial charge in [0.1, 0.15) is 6.04 Å². The molecule has 1 atom stereocenters. The number of amides is 1. The van der Waals surface area contributed by atoms with Gasteiger partial charge in [0, 0.05) is 0 Å². The second-order valence-corrected chi connectivity index (χ2v) is 2.85. The number of hydrogen-bond acceptors (Lipinski definition) is 5. The maximum atomic E-state index is 10.9. The molecule has 1 heterocycles. The number of primary amides is 1. The SMILES string of the molecule is CCC(Nc1ncc(N)cn1)C(N)=O. The Morgan fingerprint density at radius 2 is 2.14 bits per heavy atom. The van der Waals surface area contributed by atoms with Gasteiger partial charge in [-0.15, -0.1) is 0 Å². The van der Waals surface area contributed by atoms with Gasteiger partial charge in [0.15, 0.2) is 0 Å². The Labute approximate surface area is 81.7 Å². The molecule has 0 saturated carbocycles. The molecule has 0 spiro atoms. The third kappa shape index (κ3) is 2.58. The predicted molar refractivity (Wildman–Crippen MR) is 53.3 cm³/mol. The number of hydrogen-bond donors (Lipinski definition) is 3. The summed E-state index contributed by atoms with van der Waals surface area (Å²) < 4.78 is 0. The minimum Gasteiger partial charge on any atom is -0.396 e. The van der Waals surface area contributed by atoms with Crippen LogP contribution in [-0.4, -0.2) is 21.9 Å². The van der Waals surface area contributed by atoms with Gasteiger partial charge in [-0.25, -0.2) is 9.97 Å². The lowest BCUT2D eigenvalue weighted by atomic mass is 10.2. The summed E-state index contributed by atoms with van der Waals surface area (Å²) in [6, 6.07) is -0.446. The molecule has 6 heteroatoms. The van der Waals surface area contributed by atoms with Crippen LogP contribution in [0.2, 0.25) is 0 Å². The van der Waals surface area contributed by atoms with E-state index in [1.807, 2.05) is 6.92 Å². The van der Waals surface area contributed by atoms with Crippen LogP contribution in [0, 0.1) is 0 Å². The summed E-state index contributed by atoms with van der Waals surface area (Å²) in [6.45, 7) is 1.85. The molecule has 0 aliphatic rings. The number of carbonyl (C=O) groups excluding carboxylic acids is 1. The Morgan fingerprint density at radius 3 is 2.57 bits per heavy atom. The molecule has 0 radical (unpaired) electrons. The van der Waals surface area contributed by atoms with Crippen LogP contribution in [0.1, 0.15) is 13.3 Å². The molecule has 6 nitrogen and oxygen atoms in total. The van der Waals surface area contributed by atoms with Crippen LogP contribution in [0.4, 0.5) is 11.6 Å². The van der Waals surface area contributed by atoms with Crippen molar-refractivity contribution in [1.82, 2.24) is 9.97 Å². The average Bonchev–Trinajstić information content (AvgIpc) is 2.16. The summed E-state index contributed by atoms with van der Waals surface area (Å²) in [5.74, 6) is -0.0715. The second-order valence-electron chi connectivity index (χ2n) is 2.85. The lowest BCUT2D eigenvalue weighted by molar-refractivity contribution is -0.118. The highest BCUT2D eigenvalue weighted by Gasteiger charge is 2.12. The van der Waals surface area contributed by atoms with Crippen LogP contribution in [0.15, 0.2) is 12.4 Å². The smallest absolute Gasteiger partial charge is 0.239 e. The van der Waals surface area contributed by atoms with Gasteiger partial charge >= 0.3 is 0 Å². The van der Waals surface area contributed by atoms with Gasteiger partial charge < -0.3 is 16.8 Å². The fourth-order valence-electron chi connectivity index (χ4n) is 0.943. The molecule has 1 rings (SSSR count). The lowest BCUT2D eigenvalue weighted by Crippen LogP contribution is -2.35. The van der Waals surface area contributed by atoms with E-state index >= 15 is 0 Å². The summed E-state index contributed by atoms with van der Waals surface area (Å²) in [5, 5.41) is 2.80. The molecular weight excluding hydrogens is 182 g/mol. The number of nitrogens with two attached hydrogens (primary N) is 2. The third-order valence-electron chi connectivity index (χ3n) is 1.73. The molecule has 5 N–H and O–H groups in total. The van der Waals surface area contributed by atoms with Crippen molar-refractivity contribution in [3.63, 3.8) is 0 Å². The first kappa shape index (κ1) is 10.2. The Hall–Kier alpha value is -1.85. The van der Waals surface area contributed by atoms with Crippen molar-refractivity contribution >= 4 is 17.5 Å². The first-order valence-corrected chi connectivity index (χ1v) is 4.27. The number of carbonyl (C=O) groups is 1. The van der Waals surface area contributed by atoms with E-state index in [4.69, 9.17) is 11.5 Å². The maximum absolute atomic E-state index is 10.9. The Balaban J connectivity index is 2.67. The zero-order chi connectivity index (χ0) is 10.6. The van der Waals surface area contributed by atoms with Gasteiger partial charge in [-0.1, -0.05) is 6.92 Å². The number of nitrogens with one attached hydrogen (secondary N) is 1. The van der Waals surface area contributed by atoms with Gasteiger partial charge in [-0.05, 0) is 6.42 Å². The summed E-state index contributed by atoms with van der Waals surface area (Å²) in [4.78, 5) is 18.7. The topological polar surface area (TPSA) is 107 Å². The number of aromatic nitrogens is 2. The fraction of sp³-hybridized carbons (Fsp3) is 0.375. The van der Waals surface area contributed by atoms with Gasteiger partial charge in [0.25, 0.3) is 0 Å². The summed E-state index contributed by atoms with van der Waals surface area (Å²) >= 11 is 0. The zero-order valence-electron chi connectivity index (χ0n) is 7.90. The molecule has 0 saturated heterocycles. The minimum atomic E-state index is -0.446. The van der Waals surface area contributed by atoms with Gasteiger partial charge in [0.2, 0.25) is 11.9 Å². The number of nitrogen functional groups attached to an aromatic ring is 1. The van der Waals surface area contributed by atoms with Crippen molar-refractivity contribution in [2.75, 3.05) is 11.1 Å². The van der Waals surface area contributed by atoms with Crippen LogP contribution < -0.4 is 16.8 Å². The Kier molecular flexibility index (Phi) is 3.22. The highest BCUT2D eigenvalue weighted by molar-refractivity contribution is 5.82. The lowest BCUT2D eigenvalue weighted by Gasteiger charge is -2.12. The molecule has 0 fully saturated rings. The highest BCUT2D eigenvalue weighted by Crippen LogP contribution is 2.04. The molecule has 0 aliphatic carbocycles. The standard InChI is InChI=1S/C8H13N5O/c1-2-6(7(10)14)13-8-11-3-5(9)4-12-8/h3-4,6H,2,9H2,1H3,(H2,10,14)(H,11,12,13). The van der Waals surface area contributed by atoms with Crippen molar-refractivity contribution in [3.8, 4) is 0 Å². The largest absolute Gasteiger partial charge is 0.396 e. The van der Waals surface area contributed by atoms with E-state index in [-0.39, 0.29) is 0 Å². The minimum absolute atomic E-state index is 0.352. The summed E-state index contributed by atoms with van der Waals surface area (Å²) in [6.07, 6.45) is 3.51. The van der Waals surface area contributed by atoms with Crippen LogP contribution in [0.3, 0.4) is 0 Å². The fourth-order valence-corrected chi connectivity index (χ4v) is 0.943. The Morgan fingerprint density at radius 1 is 1.57 bits per heavy atom. The molecule has 76 valence electrons. The molecule has 1 aromatic heterocycles. The van der Waals surface area contributed by atoms with Gasteiger partial charge in [0.05, 0.1) is 18.1 Å². The van der Waals surface area contributed by atoms with Crippen molar-refractivity contribution in [2.45, 2.75) is 19.4 Å². The molecule has 1 unspecified atom stereocenters. The van der Waals surface area contributed by atoms with Crippen molar-refractivity contribution < 1.29 is 4.79 Å². The van der Waals surface area contributed by atoms with Crippen LogP contribution in [0.5, 0.6) is 0 Å². The number of anilines is 2. The van der Waals surface area contributed by atoms with Crippen molar-refractivity contribution in [2.24, 2.45) is 5.73 Å². The van der Waals surface area contributed by atoms with Crippen molar-refractivity contribution in [3.05, 3.63) is 12.4 Å². The first-order valence-electron chi connectivity index (χ1n) is 4.27. The number of nitrogens with zero attached hydrogens (tertiary/aromatic N) is 2. The zero-order valence-corrected chi connectivity index (χ0v) is 7.90. The van der Waals surface area contributed by atoms with E-state index in [1.54, 1.807) is 0 Å². The van der Waals surface area contributed by atoms with E-state index in [2.05, 4.69) is 15.3 Å². The molecular formula is C8H13N5O. The van der Waals surface area contributed by atoms with Gasteiger partial charge in [-0.3, -0.25) is 4.79 Å². The van der Waals surface area contributed by atoms with E-state index in [0.29, 0.717) is 18.1 Å². The van der Waals surface area contributed by atoms with E-state index in [0.717, 1.165) is 0 Å². The van der Waals surface area contributed by atoms with E-state index < -0.39 is 11.9 Å². The van der Waals surface area contributed by atoms with Crippen LogP contribution >= 0.6 is 0 Å². The molecule has 0 bridgehead atoms. The molecule has 1 aromatic rings. The van der Waals surface area contributed by atoms with Crippen LogP contribution in [-0.2, 0) is 4.79 Å². The molecule has 0 aliphatic heterocycles. The maximum Gasteiger partial charge on any atom is 0.239 e. The average molecular weight is 195 g/mol. The van der Waals surface area contributed by atoms with E-state index in [9.17, 15) is 4.79 Å². The Bertz CT molecular complexity index is 310.